The van der Waals surface area contributed by atoms with Gasteiger partial charge in [-0.05, 0) is 24.3 Å². The summed E-state index contributed by atoms with van der Waals surface area (Å²) in [5.74, 6) is 6.21. The minimum Gasteiger partial charge on any atom is -0.263 e. The predicted octanol–water partition coefficient (Wildman–Crippen LogP) is 5.03. The van der Waals surface area contributed by atoms with Crippen LogP contribution in [0.4, 0.5) is 0 Å². The van der Waals surface area contributed by atoms with E-state index >= 15 is 0 Å². The highest BCUT2D eigenvalue weighted by atomic mass is 35.5. The summed E-state index contributed by atoms with van der Waals surface area (Å²) in [4.78, 5) is 5.11. The van der Waals surface area contributed by atoms with E-state index < -0.39 is 0 Å². The molecule has 0 saturated carbocycles. The maximum Gasteiger partial charge on any atom is 0.0698 e. The van der Waals surface area contributed by atoms with Crippen LogP contribution in [0.5, 0.6) is 0 Å². The average Bonchev–Trinajstić information content (AvgIpc) is 2.39. The van der Waals surface area contributed by atoms with Gasteiger partial charge in [0.15, 0.2) is 0 Å². The molecular formula is C17H16ClNS. The van der Waals surface area contributed by atoms with Crippen LogP contribution in [-0.2, 0) is 0 Å². The highest BCUT2D eigenvalue weighted by Gasteiger charge is 2.15. The molecule has 0 spiro atoms. The second-order valence-electron chi connectivity index (χ2n) is 5.32. The van der Waals surface area contributed by atoms with E-state index in [-0.39, 0.29) is 4.75 Å². The first-order valence-corrected chi connectivity index (χ1v) is 7.55. The van der Waals surface area contributed by atoms with Crippen LogP contribution >= 0.6 is 23.4 Å². The number of pyridine rings is 1. The fourth-order valence-electron chi connectivity index (χ4n) is 1.59. The van der Waals surface area contributed by atoms with E-state index in [1.807, 2.05) is 30.3 Å². The van der Waals surface area contributed by atoms with E-state index in [0.717, 1.165) is 21.0 Å². The van der Waals surface area contributed by atoms with E-state index in [1.165, 1.54) is 0 Å². The Morgan fingerprint density at radius 3 is 2.55 bits per heavy atom. The Kier molecular flexibility index (Phi) is 4.75. The van der Waals surface area contributed by atoms with Crippen molar-refractivity contribution in [2.24, 2.45) is 0 Å². The molecule has 0 N–H and O–H groups in total. The van der Waals surface area contributed by atoms with Gasteiger partial charge >= 0.3 is 0 Å². The largest absolute Gasteiger partial charge is 0.263 e. The lowest BCUT2D eigenvalue weighted by molar-refractivity contribution is 0.803. The normalized spacial score (nSPS) is 10.8. The highest BCUT2D eigenvalue weighted by Crippen LogP contribution is 2.37. The fourth-order valence-corrected chi connectivity index (χ4v) is 2.89. The van der Waals surface area contributed by atoms with Crippen molar-refractivity contribution in [1.82, 2.24) is 4.98 Å². The summed E-state index contributed by atoms with van der Waals surface area (Å²) in [5.41, 5.74) is 1.74. The lowest BCUT2D eigenvalue weighted by Gasteiger charge is -2.18. The Bertz CT molecular complexity index is 648. The summed E-state index contributed by atoms with van der Waals surface area (Å²) in [6, 6.07) is 9.78. The number of halogens is 1. The smallest absolute Gasteiger partial charge is 0.0698 e. The number of hydrogen-bond acceptors (Lipinski definition) is 2. The van der Waals surface area contributed by atoms with Crippen LogP contribution < -0.4 is 0 Å². The first kappa shape index (κ1) is 15.0. The Hall–Kier alpha value is -1.43. The fraction of sp³-hybridized carbons (Fsp3) is 0.235. The van der Waals surface area contributed by atoms with Gasteiger partial charge in [-0.2, -0.15) is 0 Å². The molecular weight excluding hydrogens is 286 g/mol. The highest BCUT2D eigenvalue weighted by molar-refractivity contribution is 8.00. The van der Waals surface area contributed by atoms with Crippen LogP contribution in [0.25, 0.3) is 0 Å². The van der Waals surface area contributed by atoms with E-state index in [9.17, 15) is 0 Å². The Labute approximate surface area is 129 Å². The van der Waals surface area contributed by atoms with Gasteiger partial charge in [-0.25, -0.2) is 0 Å². The molecule has 20 heavy (non-hydrogen) atoms. The van der Waals surface area contributed by atoms with Crippen molar-refractivity contribution < 1.29 is 0 Å². The summed E-state index contributed by atoms with van der Waals surface area (Å²) in [7, 11) is 0. The summed E-state index contributed by atoms with van der Waals surface area (Å²) >= 11 is 8.19. The van der Waals surface area contributed by atoms with Crippen molar-refractivity contribution in [3.63, 3.8) is 0 Å². The van der Waals surface area contributed by atoms with Gasteiger partial charge in [0.05, 0.1) is 5.02 Å². The number of hydrogen-bond donors (Lipinski definition) is 0. The van der Waals surface area contributed by atoms with Gasteiger partial charge in [0.2, 0.25) is 0 Å². The first-order valence-electron chi connectivity index (χ1n) is 6.35. The predicted molar refractivity (Wildman–Crippen MR) is 87.3 cm³/mol. The van der Waals surface area contributed by atoms with E-state index in [4.69, 9.17) is 11.6 Å². The maximum atomic E-state index is 6.44. The zero-order valence-corrected chi connectivity index (χ0v) is 13.3. The molecule has 2 rings (SSSR count). The van der Waals surface area contributed by atoms with Gasteiger partial charge < -0.3 is 0 Å². The third-order valence-corrected chi connectivity index (χ3v) is 4.07. The quantitative estimate of drug-likeness (QED) is 0.541. The first-order chi connectivity index (χ1) is 9.46. The Morgan fingerprint density at radius 2 is 1.90 bits per heavy atom. The summed E-state index contributed by atoms with van der Waals surface area (Å²) in [6.45, 7) is 6.51. The van der Waals surface area contributed by atoms with Gasteiger partial charge in [-0.15, -0.1) is 11.8 Å². The van der Waals surface area contributed by atoms with E-state index in [1.54, 1.807) is 24.2 Å². The second kappa shape index (κ2) is 6.35. The van der Waals surface area contributed by atoms with Gasteiger partial charge in [0, 0.05) is 33.2 Å². The van der Waals surface area contributed by atoms with Gasteiger partial charge in [-0.3, -0.25) is 4.98 Å². The van der Waals surface area contributed by atoms with Crippen LogP contribution in [0.15, 0.2) is 47.6 Å². The molecule has 2 aromatic rings. The third-order valence-electron chi connectivity index (χ3n) is 2.38. The molecule has 1 heterocycles. The molecule has 0 radical (unpaired) electrons. The van der Waals surface area contributed by atoms with Crippen molar-refractivity contribution in [3.8, 4) is 11.8 Å². The minimum atomic E-state index is 0.124. The Balaban J connectivity index is 2.30. The topological polar surface area (TPSA) is 12.9 Å². The molecule has 1 nitrogen and oxygen atoms in total. The van der Waals surface area contributed by atoms with Crippen molar-refractivity contribution >= 4 is 23.4 Å². The molecule has 0 amide bonds. The standard InChI is InChI=1S/C17H16ClNS/c1-17(2,3)20-15-8-4-7-14(16(15)18)10-9-13-6-5-11-19-12-13/h4-8,11-12H,1-3H3. The van der Waals surface area contributed by atoms with Crippen LogP contribution in [0, 0.1) is 11.8 Å². The van der Waals surface area contributed by atoms with Gasteiger partial charge in [-0.1, -0.05) is 50.3 Å². The van der Waals surface area contributed by atoms with Crippen LogP contribution in [0.2, 0.25) is 5.02 Å². The zero-order valence-electron chi connectivity index (χ0n) is 11.8. The van der Waals surface area contributed by atoms with E-state index in [2.05, 4.69) is 37.6 Å². The summed E-state index contributed by atoms with van der Waals surface area (Å²) in [5, 5.41) is 0.726. The van der Waals surface area contributed by atoms with Crippen molar-refractivity contribution in [1.29, 1.82) is 0 Å². The maximum absolute atomic E-state index is 6.44. The van der Waals surface area contributed by atoms with Crippen molar-refractivity contribution in [3.05, 3.63) is 58.9 Å². The molecule has 3 heteroatoms. The molecule has 0 saturated heterocycles. The molecule has 0 aliphatic heterocycles. The van der Waals surface area contributed by atoms with E-state index in [0.29, 0.717) is 0 Å². The number of benzene rings is 1. The molecule has 0 aliphatic carbocycles. The number of aromatic nitrogens is 1. The average molecular weight is 302 g/mol. The van der Waals surface area contributed by atoms with Crippen LogP contribution in [0.3, 0.4) is 0 Å². The summed E-state index contributed by atoms with van der Waals surface area (Å²) in [6.07, 6.45) is 3.48. The molecule has 102 valence electrons. The van der Waals surface area contributed by atoms with Crippen LogP contribution in [-0.4, -0.2) is 9.73 Å². The Morgan fingerprint density at radius 1 is 1.10 bits per heavy atom. The molecule has 0 fully saturated rings. The molecule has 1 aromatic heterocycles. The number of thioether (sulfide) groups is 1. The second-order valence-corrected chi connectivity index (χ2v) is 7.57. The molecule has 1 aromatic carbocycles. The van der Waals surface area contributed by atoms with Crippen molar-refractivity contribution in [2.45, 2.75) is 30.4 Å². The lowest BCUT2D eigenvalue weighted by Crippen LogP contribution is -2.06. The summed E-state index contributed by atoms with van der Waals surface area (Å²) < 4.78 is 0.124. The minimum absolute atomic E-state index is 0.124. The monoisotopic (exact) mass is 301 g/mol. The number of nitrogens with zero attached hydrogens (tertiary/aromatic N) is 1. The van der Waals surface area contributed by atoms with Gasteiger partial charge in [0.25, 0.3) is 0 Å². The molecule has 0 bridgehead atoms. The van der Waals surface area contributed by atoms with Crippen LogP contribution in [0.1, 0.15) is 31.9 Å². The third kappa shape index (κ3) is 4.30. The van der Waals surface area contributed by atoms with Crippen molar-refractivity contribution in [2.75, 3.05) is 0 Å². The molecule has 0 unspecified atom stereocenters. The lowest BCUT2D eigenvalue weighted by atomic mass is 10.2. The number of rotatable bonds is 1. The SMILES string of the molecule is CC(C)(C)Sc1cccc(C#Cc2cccnc2)c1Cl. The molecule has 0 atom stereocenters. The zero-order chi connectivity index (χ0) is 14.6. The molecule has 0 aliphatic rings. The van der Waals surface area contributed by atoms with Gasteiger partial charge in [0.1, 0.15) is 0 Å².